The average Bonchev–Trinajstić information content (AvgIpc) is 3.12. The maximum Gasteiger partial charge on any atom is 0.319 e. The van der Waals surface area contributed by atoms with E-state index >= 15 is 0 Å². The van der Waals surface area contributed by atoms with E-state index in [4.69, 9.17) is 16.3 Å². The maximum absolute atomic E-state index is 12.1. The van der Waals surface area contributed by atoms with Crippen molar-refractivity contribution in [2.75, 3.05) is 30.8 Å². The SMILES string of the molecule is COc1ccc(Cl)cc1NC(=O)NCCNc1cc(-n2ccnc2C)ncn1. The molecule has 10 heteroatoms. The van der Waals surface area contributed by atoms with E-state index in [0.717, 1.165) is 5.82 Å². The van der Waals surface area contributed by atoms with Crippen LogP contribution >= 0.6 is 11.6 Å². The van der Waals surface area contributed by atoms with Crippen LogP contribution in [0.2, 0.25) is 5.02 Å². The third-order valence-corrected chi connectivity index (χ3v) is 4.09. The predicted octanol–water partition coefficient (Wildman–Crippen LogP) is 2.87. The van der Waals surface area contributed by atoms with Gasteiger partial charge >= 0.3 is 6.03 Å². The molecule has 0 saturated carbocycles. The lowest BCUT2D eigenvalue weighted by molar-refractivity contribution is 0.252. The number of carbonyl (C=O) groups is 1. The molecule has 1 aromatic carbocycles. The van der Waals surface area contributed by atoms with Crippen LogP contribution in [0.4, 0.5) is 16.3 Å². The molecular formula is C18H20ClN7O2. The Bertz CT molecular complexity index is 961. The predicted molar refractivity (Wildman–Crippen MR) is 107 cm³/mol. The fraction of sp³-hybridized carbons (Fsp3) is 0.222. The molecule has 0 spiro atoms. The Morgan fingerprint density at radius 1 is 1.21 bits per heavy atom. The number of nitrogens with zero attached hydrogens (tertiary/aromatic N) is 4. The third kappa shape index (κ3) is 4.89. The van der Waals surface area contributed by atoms with Crippen molar-refractivity contribution in [1.82, 2.24) is 24.8 Å². The Labute approximate surface area is 167 Å². The second kappa shape index (κ2) is 9.05. The summed E-state index contributed by atoms with van der Waals surface area (Å²) in [5.41, 5.74) is 0.497. The van der Waals surface area contributed by atoms with Crippen LogP contribution in [0.15, 0.2) is 43.0 Å². The number of halogens is 1. The highest BCUT2D eigenvalue weighted by Crippen LogP contribution is 2.27. The van der Waals surface area contributed by atoms with Crippen molar-refractivity contribution in [1.29, 1.82) is 0 Å². The molecule has 3 N–H and O–H groups in total. The molecule has 0 atom stereocenters. The number of imidazole rings is 1. The number of benzene rings is 1. The normalized spacial score (nSPS) is 10.4. The molecule has 2 amide bonds. The van der Waals surface area contributed by atoms with E-state index in [2.05, 4.69) is 30.9 Å². The molecular weight excluding hydrogens is 382 g/mol. The molecule has 0 radical (unpaired) electrons. The smallest absolute Gasteiger partial charge is 0.319 e. The van der Waals surface area contributed by atoms with Gasteiger partial charge in [-0.05, 0) is 25.1 Å². The molecule has 0 aliphatic heterocycles. The summed E-state index contributed by atoms with van der Waals surface area (Å²) in [6.07, 6.45) is 5.02. The van der Waals surface area contributed by atoms with Crippen LogP contribution in [0.3, 0.4) is 0 Å². The van der Waals surface area contributed by atoms with Crippen LogP contribution in [0.5, 0.6) is 5.75 Å². The average molecular weight is 402 g/mol. The van der Waals surface area contributed by atoms with E-state index in [1.54, 1.807) is 24.4 Å². The molecule has 9 nitrogen and oxygen atoms in total. The lowest BCUT2D eigenvalue weighted by Crippen LogP contribution is -2.32. The first-order valence-corrected chi connectivity index (χ1v) is 8.89. The Kier molecular flexibility index (Phi) is 6.28. The molecule has 3 rings (SSSR count). The first kappa shape index (κ1) is 19.4. The van der Waals surface area contributed by atoms with Crippen molar-refractivity contribution in [2.45, 2.75) is 6.92 Å². The number of nitrogens with one attached hydrogen (secondary N) is 3. The number of amides is 2. The number of ether oxygens (including phenoxy) is 1. The molecule has 0 unspecified atom stereocenters. The van der Waals surface area contributed by atoms with E-state index < -0.39 is 0 Å². The van der Waals surface area contributed by atoms with Gasteiger partial charge in [0.1, 0.15) is 29.5 Å². The molecule has 146 valence electrons. The summed E-state index contributed by atoms with van der Waals surface area (Å²) in [6, 6.07) is 6.45. The second-order valence-electron chi connectivity index (χ2n) is 5.76. The molecule has 3 aromatic rings. The number of methoxy groups -OCH3 is 1. The molecule has 2 heterocycles. The lowest BCUT2D eigenvalue weighted by Gasteiger charge is -2.12. The van der Waals surface area contributed by atoms with Gasteiger partial charge in [0.05, 0.1) is 12.8 Å². The Morgan fingerprint density at radius 2 is 2.07 bits per heavy atom. The van der Waals surface area contributed by atoms with E-state index in [9.17, 15) is 4.79 Å². The quantitative estimate of drug-likeness (QED) is 0.525. The summed E-state index contributed by atoms with van der Waals surface area (Å²) in [4.78, 5) is 24.7. The molecule has 0 aliphatic rings. The first-order valence-electron chi connectivity index (χ1n) is 8.51. The van der Waals surface area contributed by atoms with Gasteiger partial charge in [-0.25, -0.2) is 19.7 Å². The number of aryl methyl sites for hydroxylation is 1. The summed E-state index contributed by atoms with van der Waals surface area (Å²) in [6.45, 7) is 2.77. The minimum Gasteiger partial charge on any atom is -0.495 e. The number of urea groups is 1. The zero-order valence-corrected chi connectivity index (χ0v) is 16.2. The molecule has 0 fully saturated rings. The monoisotopic (exact) mass is 401 g/mol. The van der Waals surface area contributed by atoms with E-state index in [-0.39, 0.29) is 6.03 Å². The van der Waals surface area contributed by atoms with Crippen LogP contribution in [-0.2, 0) is 0 Å². The highest BCUT2D eigenvalue weighted by Gasteiger charge is 2.08. The van der Waals surface area contributed by atoms with Crippen molar-refractivity contribution in [2.24, 2.45) is 0 Å². The summed E-state index contributed by atoms with van der Waals surface area (Å²) in [7, 11) is 1.53. The number of anilines is 2. The van der Waals surface area contributed by atoms with Gasteiger partial charge in [0.2, 0.25) is 0 Å². The van der Waals surface area contributed by atoms with Gasteiger partial charge in [-0.15, -0.1) is 0 Å². The minimum atomic E-state index is -0.361. The van der Waals surface area contributed by atoms with Crippen molar-refractivity contribution < 1.29 is 9.53 Å². The van der Waals surface area contributed by atoms with Crippen LogP contribution in [0, 0.1) is 6.92 Å². The zero-order valence-electron chi connectivity index (χ0n) is 15.4. The highest BCUT2D eigenvalue weighted by molar-refractivity contribution is 6.31. The van der Waals surface area contributed by atoms with Gasteiger partial charge in [0.25, 0.3) is 0 Å². The van der Waals surface area contributed by atoms with E-state index in [1.807, 2.05) is 23.8 Å². The van der Waals surface area contributed by atoms with Crippen molar-refractivity contribution >= 4 is 29.1 Å². The van der Waals surface area contributed by atoms with Gasteiger partial charge in [0, 0.05) is 36.6 Å². The summed E-state index contributed by atoms with van der Waals surface area (Å²) < 4.78 is 7.06. The number of hydrogen-bond donors (Lipinski definition) is 3. The zero-order chi connectivity index (χ0) is 19.9. The largest absolute Gasteiger partial charge is 0.495 e. The fourth-order valence-electron chi connectivity index (χ4n) is 2.51. The first-order chi connectivity index (χ1) is 13.6. The van der Waals surface area contributed by atoms with E-state index in [1.165, 1.54) is 13.4 Å². The summed E-state index contributed by atoms with van der Waals surface area (Å²) in [5.74, 6) is 2.73. The van der Waals surface area contributed by atoms with E-state index in [0.29, 0.717) is 41.2 Å². The third-order valence-electron chi connectivity index (χ3n) is 3.85. The Hall–Kier alpha value is -3.33. The lowest BCUT2D eigenvalue weighted by atomic mass is 10.3. The Balaban J connectivity index is 1.49. The number of hydrogen-bond acceptors (Lipinski definition) is 6. The van der Waals surface area contributed by atoms with Crippen LogP contribution in [-0.4, -0.2) is 45.7 Å². The van der Waals surface area contributed by atoms with Gasteiger partial charge in [-0.3, -0.25) is 4.57 Å². The molecule has 2 aromatic heterocycles. The summed E-state index contributed by atoms with van der Waals surface area (Å²) in [5, 5.41) is 9.11. The maximum atomic E-state index is 12.1. The number of carbonyl (C=O) groups excluding carboxylic acids is 1. The summed E-state index contributed by atoms with van der Waals surface area (Å²) >= 11 is 5.96. The number of aromatic nitrogens is 4. The van der Waals surface area contributed by atoms with Gasteiger partial charge in [-0.2, -0.15) is 0 Å². The molecule has 0 saturated heterocycles. The highest BCUT2D eigenvalue weighted by atomic mass is 35.5. The number of rotatable bonds is 7. The molecule has 28 heavy (non-hydrogen) atoms. The van der Waals surface area contributed by atoms with Crippen molar-refractivity contribution in [3.05, 3.63) is 53.8 Å². The van der Waals surface area contributed by atoms with Crippen LogP contribution in [0.25, 0.3) is 5.82 Å². The van der Waals surface area contributed by atoms with Gasteiger partial charge < -0.3 is 20.7 Å². The second-order valence-corrected chi connectivity index (χ2v) is 6.19. The standard InChI is InChI=1S/C18H20ClN7O2/c1-12-20-7-8-26(12)17-10-16(23-11-24-17)21-5-6-22-18(27)25-14-9-13(19)3-4-15(14)28-2/h3-4,7-11H,5-6H2,1-2H3,(H,21,23,24)(H2,22,25,27). The fourth-order valence-corrected chi connectivity index (χ4v) is 2.68. The van der Waals surface area contributed by atoms with Gasteiger partial charge in [0.15, 0.2) is 0 Å². The van der Waals surface area contributed by atoms with Crippen molar-refractivity contribution in [3.63, 3.8) is 0 Å². The van der Waals surface area contributed by atoms with Crippen LogP contribution in [0.1, 0.15) is 5.82 Å². The van der Waals surface area contributed by atoms with Gasteiger partial charge in [-0.1, -0.05) is 11.6 Å². The topological polar surface area (TPSA) is 106 Å². The molecule has 0 bridgehead atoms. The van der Waals surface area contributed by atoms with Crippen molar-refractivity contribution in [3.8, 4) is 11.6 Å². The van der Waals surface area contributed by atoms with Crippen LogP contribution < -0.4 is 20.7 Å². The minimum absolute atomic E-state index is 0.361. The Morgan fingerprint density at radius 3 is 2.82 bits per heavy atom. The molecule has 0 aliphatic carbocycles.